The standard InChI is InChI=1S/C11H12BrN3O/c1-7-13-9-6-8(15(3)11(12)16)4-5-10(9)14(7)2/h4-6H,1-3H3. The molecule has 0 bridgehead atoms. The third kappa shape index (κ3) is 1.71. The predicted octanol–water partition coefficient (Wildman–Crippen LogP) is 2.83. The van der Waals surface area contributed by atoms with Crippen molar-refractivity contribution in [2.75, 3.05) is 11.9 Å². The molecule has 5 heteroatoms. The summed E-state index contributed by atoms with van der Waals surface area (Å²) in [6.07, 6.45) is 0. The largest absolute Gasteiger partial charge is 0.331 e. The molecule has 1 aromatic heterocycles. The van der Waals surface area contributed by atoms with Crippen LogP contribution in [-0.2, 0) is 7.05 Å². The fourth-order valence-corrected chi connectivity index (χ4v) is 1.82. The molecule has 0 N–H and O–H groups in total. The molecule has 4 nitrogen and oxygen atoms in total. The first kappa shape index (κ1) is 11.1. The molecule has 1 amide bonds. The van der Waals surface area contributed by atoms with Crippen molar-refractivity contribution in [2.24, 2.45) is 7.05 Å². The van der Waals surface area contributed by atoms with Crippen LogP contribution in [0.5, 0.6) is 0 Å². The van der Waals surface area contributed by atoms with Crippen molar-refractivity contribution in [1.82, 2.24) is 9.55 Å². The van der Waals surface area contributed by atoms with E-state index >= 15 is 0 Å². The Morgan fingerprint density at radius 1 is 1.50 bits per heavy atom. The highest BCUT2D eigenvalue weighted by atomic mass is 79.9. The SMILES string of the molecule is Cc1nc2cc(N(C)C(=O)Br)ccc2n1C. The number of amides is 1. The van der Waals surface area contributed by atoms with Crippen LogP contribution in [0.2, 0.25) is 0 Å². The Labute approximate surface area is 102 Å². The van der Waals surface area contributed by atoms with Gasteiger partial charge < -0.3 is 9.47 Å². The average Bonchev–Trinajstić information content (AvgIpc) is 2.53. The summed E-state index contributed by atoms with van der Waals surface area (Å²) < 4.78 is 2.02. The van der Waals surface area contributed by atoms with E-state index in [2.05, 4.69) is 20.9 Å². The van der Waals surface area contributed by atoms with E-state index in [1.165, 1.54) is 4.90 Å². The Bertz CT molecular complexity index is 562. The molecule has 0 spiro atoms. The number of anilines is 1. The lowest BCUT2D eigenvalue weighted by molar-refractivity contribution is 0.267. The van der Waals surface area contributed by atoms with Crippen molar-refractivity contribution in [3.63, 3.8) is 0 Å². The summed E-state index contributed by atoms with van der Waals surface area (Å²) in [5, 5.41) is 0. The number of aromatic nitrogens is 2. The Morgan fingerprint density at radius 3 is 2.81 bits per heavy atom. The number of fused-ring (bicyclic) bond motifs is 1. The molecule has 16 heavy (non-hydrogen) atoms. The van der Waals surface area contributed by atoms with Gasteiger partial charge in [0, 0.05) is 35.7 Å². The second-order valence-electron chi connectivity index (χ2n) is 3.70. The summed E-state index contributed by atoms with van der Waals surface area (Å²) >= 11 is 2.92. The predicted molar refractivity (Wildman–Crippen MR) is 68.2 cm³/mol. The molecule has 2 rings (SSSR count). The Kier molecular flexibility index (Phi) is 2.71. The summed E-state index contributed by atoms with van der Waals surface area (Å²) in [6.45, 7) is 1.96. The van der Waals surface area contributed by atoms with Gasteiger partial charge in [0.2, 0.25) is 0 Å². The maximum absolute atomic E-state index is 11.2. The summed E-state index contributed by atoms with van der Waals surface area (Å²) in [5.74, 6) is 0.958. The Morgan fingerprint density at radius 2 is 2.19 bits per heavy atom. The molecular weight excluding hydrogens is 270 g/mol. The molecular formula is C11H12BrN3O. The number of benzene rings is 1. The van der Waals surface area contributed by atoms with Gasteiger partial charge in [-0.15, -0.1) is 0 Å². The molecule has 0 radical (unpaired) electrons. The lowest BCUT2D eigenvalue weighted by Crippen LogP contribution is -2.18. The number of nitrogens with zero attached hydrogens (tertiary/aromatic N) is 3. The van der Waals surface area contributed by atoms with Gasteiger partial charge in [-0.25, -0.2) is 4.98 Å². The van der Waals surface area contributed by atoms with Gasteiger partial charge in [-0.1, -0.05) is 0 Å². The van der Waals surface area contributed by atoms with Crippen LogP contribution in [0.3, 0.4) is 0 Å². The van der Waals surface area contributed by atoms with E-state index in [0.717, 1.165) is 22.5 Å². The first-order valence-electron chi connectivity index (χ1n) is 4.87. The van der Waals surface area contributed by atoms with Crippen molar-refractivity contribution < 1.29 is 4.79 Å². The molecule has 0 saturated heterocycles. The summed E-state index contributed by atoms with van der Waals surface area (Å²) in [4.78, 5) is 17.0. The Balaban J connectivity index is 2.56. The summed E-state index contributed by atoms with van der Waals surface area (Å²) in [6, 6.07) is 5.78. The second-order valence-corrected chi connectivity index (χ2v) is 4.38. The van der Waals surface area contributed by atoms with Crippen molar-refractivity contribution in [3.8, 4) is 0 Å². The zero-order valence-electron chi connectivity index (χ0n) is 9.36. The number of hydrogen-bond donors (Lipinski definition) is 0. The number of hydrogen-bond acceptors (Lipinski definition) is 2. The van der Waals surface area contributed by atoms with Crippen LogP contribution in [0, 0.1) is 6.92 Å². The quantitative estimate of drug-likeness (QED) is 0.596. The molecule has 2 aromatic rings. The molecule has 0 saturated carbocycles. The van der Waals surface area contributed by atoms with E-state index in [0.29, 0.717) is 0 Å². The summed E-state index contributed by atoms with van der Waals surface area (Å²) in [5.41, 5.74) is 2.79. The van der Waals surface area contributed by atoms with Crippen molar-refractivity contribution in [3.05, 3.63) is 24.0 Å². The van der Waals surface area contributed by atoms with Crippen LogP contribution in [0.15, 0.2) is 18.2 Å². The fourth-order valence-electron chi connectivity index (χ4n) is 1.62. The van der Waals surface area contributed by atoms with Crippen LogP contribution in [0.25, 0.3) is 11.0 Å². The van der Waals surface area contributed by atoms with E-state index < -0.39 is 0 Å². The zero-order valence-corrected chi connectivity index (χ0v) is 10.9. The smallest absolute Gasteiger partial charge is 0.293 e. The van der Waals surface area contributed by atoms with Crippen LogP contribution < -0.4 is 4.90 Å². The van der Waals surface area contributed by atoms with Gasteiger partial charge in [0.25, 0.3) is 4.82 Å². The molecule has 0 atom stereocenters. The van der Waals surface area contributed by atoms with E-state index in [9.17, 15) is 4.79 Å². The Hall–Kier alpha value is -1.36. The topological polar surface area (TPSA) is 38.1 Å². The fraction of sp³-hybridized carbons (Fsp3) is 0.273. The maximum Gasteiger partial charge on any atom is 0.293 e. The van der Waals surface area contributed by atoms with Crippen molar-refractivity contribution in [2.45, 2.75) is 6.92 Å². The zero-order chi connectivity index (χ0) is 11.9. The minimum absolute atomic E-state index is 0.167. The van der Waals surface area contributed by atoms with Gasteiger partial charge in [0.1, 0.15) is 5.82 Å². The van der Waals surface area contributed by atoms with Gasteiger partial charge in [0.05, 0.1) is 11.0 Å². The monoisotopic (exact) mass is 281 g/mol. The lowest BCUT2D eigenvalue weighted by atomic mass is 10.2. The molecule has 0 fully saturated rings. The number of carbonyl (C=O) groups is 1. The number of halogens is 1. The third-order valence-corrected chi connectivity index (χ3v) is 3.27. The van der Waals surface area contributed by atoms with Gasteiger partial charge in [-0.3, -0.25) is 4.79 Å². The van der Waals surface area contributed by atoms with E-state index in [1.54, 1.807) is 7.05 Å². The number of aryl methyl sites for hydroxylation is 2. The van der Waals surface area contributed by atoms with E-state index in [1.807, 2.05) is 36.7 Å². The molecule has 0 unspecified atom stereocenters. The van der Waals surface area contributed by atoms with Crippen LogP contribution in [0.4, 0.5) is 10.5 Å². The molecule has 0 aliphatic heterocycles. The van der Waals surface area contributed by atoms with E-state index in [-0.39, 0.29) is 4.82 Å². The van der Waals surface area contributed by atoms with Crippen molar-refractivity contribution in [1.29, 1.82) is 0 Å². The van der Waals surface area contributed by atoms with Gasteiger partial charge in [-0.05, 0) is 25.1 Å². The normalized spacial score (nSPS) is 10.8. The molecule has 0 aliphatic carbocycles. The number of carbonyl (C=O) groups excluding carboxylic acids is 1. The van der Waals surface area contributed by atoms with Gasteiger partial charge in [-0.2, -0.15) is 0 Å². The van der Waals surface area contributed by atoms with Crippen LogP contribution in [0.1, 0.15) is 5.82 Å². The van der Waals surface area contributed by atoms with Crippen LogP contribution in [-0.4, -0.2) is 21.4 Å². The van der Waals surface area contributed by atoms with Crippen LogP contribution >= 0.6 is 15.9 Å². The highest BCUT2D eigenvalue weighted by Gasteiger charge is 2.10. The lowest BCUT2D eigenvalue weighted by Gasteiger charge is -2.13. The van der Waals surface area contributed by atoms with Gasteiger partial charge >= 0.3 is 0 Å². The molecule has 84 valence electrons. The number of imidazole rings is 1. The van der Waals surface area contributed by atoms with Crippen molar-refractivity contribution >= 4 is 37.5 Å². The number of rotatable bonds is 1. The molecule has 0 aliphatic rings. The maximum atomic E-state index is 11.2. The highest BCUT2D eigenvalue weighted by Crippen LogP contribution is 2.22. The van der Waals surface area contributed by atoms with Gasteiger partial charge in [0.15, 0.2) is 0 Å². The van der Waals surface area contributed by atoms with E-state index in [4.69, 9.17) is 0 Å². The summed E-state index contributed by atoms with van der Waals surface area (Å²) in [7, 11) is 3.69. The molecule has 1 aromatic carbocycles. The molecule has 1 heterocycles. The minimum atomic E-state index is -0.167. The third-order valence-electron chi connectivity index (χ3n) is 2.74. The second kappa shape index (κ2) is 3.90. The first-order valence-corrected chi connectivity index (χ1v) is 5.66. The first-order chi connectivity index (χ1) is 7.50. The average molecular weight is 282 g/mol. The highest BCUT2D eigenvalue weighted by molar-refractivity contribution is 9.18. The minimum Gasteiger partial charge on any atom is -0.331 e.